The third-order valence-corrected chi connectivity index (χ3v) is 7.65. The maximum absolute atomic E-state index is 13.9. The van der Waals surface area contributed by atoms with Crippen LogP contribution in [0.5, 0.6) is 11.5 Å². The number of aromatic nitrogens is 1. The summed E-state index contributed by atoms with van der Waals surface area (Å²) >= 11 is 1.24. The number of fused-ring (bicyclic) bond motifs is 1. The van der Waals surface area contributed by atoms with Crippen LogP contribution in [0.4, 0.5) is 5.88 Å². The Labute approximate surface area is 241 Å². The molecule has 0 saturated carbocycles. The summed E-state index contributed by atoms with van der Waals surface area (Å²) in [5.74, 6) is 1.79. The fraction of sp³-hybridized carbons (Fsp3) is 0.367. The predicted molar refractivity (Wildman–Crippen MR) is 155 cm³/mol. The van der Waals surface area contributed by atoms with Gasteiger partial charge in [-0.2, -0.15) is 0 Å². The summed E-state index contributed by atoms with van der Waals surface area (Å²) in [4.78, 5) is 34.4. The van der Waals surface area contributed by atoms with Crippen LogP contribution >= 0.6 is 11.3 Å². The molecule has 0 radical (unpaired) electrons. The molecule has 0 amide bonds. The lowest BCUT2D eigenvalue weighted by atomic mass is 9.95. The first-order valence-corrected chi connectivity index (χ1v) is 14.4. The van der Waals surface area contributed by atoms with E-state index >= 15 is 0 Å². The minimum atomic E-state index is -0.777. The van der Waals surface area contributed by atoms with E-state index in [-0.39, 0.29) is 12.2 Å². The van der Waals surface area contributed by atoms with Crippen molar-refractivity contribution in [2.24, 2.45) is 4.99 Å². The summed E-state index contributed by atoms with van der Waals surface area (Å²) in [6.07, 6.45) is 3.36. The fourth-order valence-corrected chi connectivity index (χ4v) is 5.87. The van der Waals surface area contributed by atoms with E-state index in [1.165, 1.54) is 15.9 Å². The molecule has 10 nitrogen and oxygen atoms in total. The van der Waals surface area contributed by atoms with Gasteiger partial charge >= 0.3 is 5.97 Å². The molecule has 2 aliphatic heterocycles. The zero-order valence-corrected chi connectivity index (χ0v) is 24.2. The standard InChI is InChI=1S/C30H33N3O7S/c1-5-14-39-22-10-8-20(17-23(22)37-6-2)27-26(29(35)38-7-3)19(4)31-30-33(27)28(34)24(41-30)18-21-9-11-25(40-21)32-12-15-36-16-13-32/h5,8-11,17-18,27H,1,6-7,12-16H2,2-4H3/b24-18+/t27-/m1/s1. The van der Waals surface area contributed by atoms with Gasteiger partial charge in [0, 0.05) is 25.2 Å². The molecule has 11 heteroatoms. The molecule has 0 aliphatic carbocycles. The summed E-state index contributed by atoms with van der Waals surface area (Å²) < 4.78 is 30.5. The summed E-state index contributed by atoms with van der Waals surface area (Å²) in [5.41, 5.74) is 1.15. The summed E-state index contributed by atoms with van der Waals surface area (Å²) in [6, 6.07) is 8.34. The number of rotatable bonds is 10. The number of esters is 1. The van der Waals surface area contributed by atoms with Gasteiger partial charge in [0.25, 0.3) is 5.56 Å². The number of morpholine rings is 1. The van der Waals surface area contributed by atoms with Crippen LogP contribution in [-0.2, 0) is 14.3 Å². The molecule has 1 fully saturated rings. The first kappa shape index (κ1) is 28.4. The molecule has 41 heavy (non-hydrogen) atoms. The Bertz CT molecular complexity index is 1640. The highest BCUT2D eigenvalue weighted by Gasteiger charge is 2.34. The van der Waals surface area contributed by atoms with E-state index in [9.17, 15) is 9.59 Å². The minimum absolute atomic E-state index is 0.190. The number of hydrogen-bond acceptors (Lipinski definition) is 10. The zero-order chi connectivity index (χ0) is 28.9. The van der Waals surface area contributed by atoms with Gasteiger partial charge < -0.3 is 28.3 Å². The summed E-state index contributed by atoms with van der Waals surface area (Å²) in [6.45, 7) is 12.7. The van der Waals surface area contributed by atoms with E-state index in [1.54, 1.807) is 38.1 Å². The lowest BCUT2D eigenvalue weighted by molar-refractivity contribution is -0.139. The molecule has 5 rings (SSSR count). The van der Waals surface area contributed by atoms with E-state index in [1.807, 2.05) is 25.1 Å². The number of anilines is 1. The number of nitrogens with zero attached hydrogens (tertiary/aromatic N) is 3. The van der Waals surface area contributed by atoms with Crippen molar-refractivity contribution in [1.82, 2.24) is 4.57 Å². The number of carbonyl (C=O) groups excluding carboxylic acids is 1. The number of furan rings is 1. The van der Waals surface area contributed by atoms with Gasteiger partial charge in [-0.05, 0) is 44.5 Å². The molecule has 3 aromatic rings. The smallest absolute Gasteiger partial charge is 0.338 e. The third-order valence-electron chi connectivity index (χ3n) is 6.67. The van der Waals surface area contributed by atoms with Crippen LogP contribution in [0.1, 0.15) is 38.1 Å². The average molecular weight is 580 g/mol. The van der Waals surface area contributed by atoms with Crippen molar-refractivity contribution in [2.45, 2.75) is 26.8 Å². The van der Waals surface area contributed by atoms with Crippen LogP contribution in [0.3, 0.4) is 0 Å². The van der Waals surface area contributed by atoms with Gasteiger partial charge in [-0.25, -0.2) is 9.79 Å². The molecule has 1 aromatic carbocycles. The topological polar surface area (TPSA) is 105 Å². The van der Waals surface area contributed by atoms with Gasteiger partial charge in [-0.3, -0.25) is 9.36 Å². The highest BCUT2D eigenvalue weighted by atomic mass is 32.1. The van der Waals surface area contributed by atoms with Crippen molar-refractivity contribution in [2.75, 3.05) is 51.0 Å². The summed E-state index contributed by atoms with van der Waals surface area (Å²) in [5, 5.41) is 0. The van der Waals surface area contributed by atoms with Crippen molar-refractivity contribution in [3.8, 4) is 11.5 Å². The largest absolute Gasteiger partial charge is 0.490 e. The second-order valence-electron chi connectivity index (χ2n) is 9.32. The number of allylic oxidation sites excluding steroid dienone is 1. The molecule has 0 N–H and O–H groups in total. The number of hydrogen-bond donors (Lipinski definition) is 0. The molecule has 1 saturated heterocycles. The van der Waals surface area contributed by atoms with Gasteiger partial charge in [0.1, 0.15) is 12.4 Å². The Hall–Kier alpha value is -4.09. The second-order valence-corrected chi connectivity index (χ2v) is 10.3. The highest BCUT2D eigenvalue weighted by Crippen LogP contribution is 2.36. The van der Waals surface area contributed by atoms with E-state index in [4.69, 9.17) is 23.4 Å². The van der Waals surface area contributed by atoms with Crippen LogP contribution in [0.15, 0.2) is 68.5 Å². The van der Waals surface area contributed by atoms with Crippen molar-refractivity contribution in [1.29, 1.82) is 0 Å². The maximum Gasteiger partial charge on any atom is 0.338 e. The first-order chi connectivity index (χ1) is 19.9. The Balaban J connectivity index is 1.61. The second kappa shape index (κ2) is 12.6. The molecule has 0 bridgehead atoms. The lowest BCUT2D eigenvalue weighted by Gasteiger charge is -2.26. The van der Waals surface area contributed by atoms with E-state index in [0.717, 1.165) is 19.0 Å². The quantitative estimate of drug-likeness (QED) is 0.267. The van der Waals surface area contributed by atoms with Crippen LogP contribution in [-0.4, -0.2) is 56.7 Å². The van der Waals surface area contributed by atoms with Gasteiger partial charge in [-0.15, -0.1) is 0 Å². The molecular formula is C30H33N3O7S. The molecule has 0 spiro atoms. The zero-order valence-electron chi connectivity index (χ0n) is 23.4. The highest BCUT2D eigenvalue weighted by molar-refractivity contribution is 7.07. The number of benzene rings is 1. The first-order valence-electron chi connectivity index (χ1n) is 13.6. The van der Waals surface area contributed by atoms with Crippen molar-refractivity contribution in [3.05, 3.63) is 85.3 Å². The van der Waals surface area contributed by atoms with Crippen LogP contribution in [0, 0.1) is 0 Å². The molecule has 4 heterocycles. The molecule has 1 atom stereocenters. The molecular weight excluding hydrogens is 546 g/mol. The molecule has 0 unspecified atom stereocenters. The normalized spacial score (nSPS) is 17.2. The third kappa shape index (κ3) is 5.86. The maximum atomic E-state index is 13.9. The van der Waals surface area contributed by atoms with Crippen molar-refractivity contribution in [3.63, 3.8) is 0 Å². The Morgan fingerprint density at radius 1 is 1.15 bits per heavy atom. The Morgan fingerprint density at radius 3 is 2.68 bits per heavy atom. The predicted octanol–water partition coefficient (Wildman–Crippen LogP) is 3.19. The van der Waals surface area contributed by atoms with E-state index < -0.39 is 12.0 Å². The van der Waals surface area contributed by atoms with Crippen molar-refractivity contribution < 1.29 is 28.2 Å². The van der Waals surface area contributed by atoms with Crippen LogP contribution in [0.2, 0.25) is 0 Å². The van der Waals surface area contributed by atoms with E-state index in [2.05, 4.69) is 16.5 Å². The van der Waals surface area contributed by atoms with Gasteiger partial charge in [-0.1, -0.05) is 30.1 Å². The van der Waals surface area contributed by atoms with Gasteiger partial charge in [0.05, 0.1) is 48.3 Å². The lowest BCUT2D eigenvalue weighted by Crippen LogP contribution is -2.40. The van der Waals surface area contributed by atoms with Crippen LogP contribution in [0.25, 0.3) is 6.08 Å². The summed E-state index contributed by atoms with van der Waals surface area (Å²) in [7, 11) is 0. The SMILES string of the molecule is C=CCOc1ccc([C@@H]2C(C(=O)OCC)=C(C)N=c3s/c(=C/c4ccc(N5CCOCC5)o4)c(=O)n32)cc1OCC. The molecule has 2 aromatic heterocycles. The van der Waals surface area contributed by atoms with Crippen molar-refractivity contribution >= 4 is 29.3 Å². The minimum Gasteiger partial charge on any atom is -0.490 e. The number of carbonyl (C=O) groups is 1. The Kier molecular flexibility index (Phi) is 8.75. The van der Waals surface area contributed by atoms with Gasteiger partial charge in [0.15, 0.2) is 22.2 Å². The molecule has 216 valence electrons. The fourth-order valence-electron chi connectivity index (χ4n) is 4.84. The van der Waals surface area contributed by atoms with Gasteiger partial charge in [0.2, 0.25) is 0 Å². The number of thiazole rings is 1. The molecule has 2 aliphatic rings. The monoisotopic (exact) mass is 579 g/mol. The van der Waals surface area contributed by atoms with Crippen LogP contribution < -0.4 is 29.3 Å². The van der Waals surface area contributed by atoms with E-state index in [0.29, 0.717) is 69.9 Å². The average Bonchev–Trinajstić information content (AvgIpc) is 3.56. The Morgan fingerprint density at radius 2 is 1.95 bits per heavy atom. The number of ether oxygens (including phenoxy) is 4.